The minimum atomic E-state index is 0.668. The van der Waals surface area contributed by atoms with Crippen molar-refractivity contribution in [1.82, 2.24) is 10.2 Å². The Kier molecular flexibility index (Phi) is 10.1. The summed E-state index contributed by atoms with van der Waals surface area (Å²) in [6.07, 6.45) is 5.53. The third-order valence-corrected chi connectivity index (χ3v) is 5.18. The average Bonchev–Trinajstić information content (AvgIpc) is 2.62. The molecule has 0 aliphatic carbocycles. The molecule has 5 nitrogen and oxygen atoms in total. The summed E-state index contributed by atoms with van der Waals surface area (Å²) in [5.74, 6) is 1.94. The van der Waals surface area contributed by atoms with Crippen molar-refractivity contribution in [2.75, 3.05) is 72.4 Å². The van der Waals surface area contributed by atoms with Crippen LogP contribution in [-0.2, 0) is 14.2 Å². The third-order valence-electron chi connectivity index (χ3n) is 5.18. The maximum absolute atomic E-state index is 5.67. The number of nitrogens with zero attached hydrogens (tertiary/aromatic N) is 1. The summed E-state index contributed by atoms with van der Waals surface area (Å²) in [7, 11) is 0. The molecule has 2 saturated heterocycles. The normalized spacial score (nSPS) is 21.8. The van der Waals surface area contributed by atoms with Crippen LogP contribution in [0.5, 0.6) is 0 Å². The summed E-state index contributed by atoms with van der Waals surface area (Å²) in [4.78, 5) is 2.56. The van der Waals surface area contributed by atoms with Gasteiger partial charge in [0.05, 0.1) is 33.0 Å². The van der Waals surface area contributed by atoms with Crippen LogP contribution >= 0.6 is 0 Å². The van der Waals surface area contributed by atoms with E-state index in [-0.39, 0.29) is 0 Å². The van der Waals surface area contributed by atoms with Gasteiger partial charge in [-0.1, -0.05) is 0 Å². The van der Waals surface area contributed by atoms with Crippen LogP contribution < -0.4 is 5.32 Å². The van der Waals surface area contributed by atoms with Gasteiger partial charge in [-0.3, -0.25) is 0 Å². The van der Waals surface area contributed by atoms with Crippen molar-refractivity contribution in [3.05, 3.63) is 0 Å². The predicted molar refractivity (Wildman–Crippen MR) is 92.9 cm³/mol. The molecule has 0 aromatic rings. The van der Waals surface area contributed by atoms with Gasteiger partial charge in [-0.05, 0) is 70.6 Å². The molecule has 2 rings (SSSR count). The monoisotopic (exact) mass is 328 g/mol. The van der Waals surface area contributed by atoms with E-state index in [1.165, 1.54) is 51.9 Å². The first-order valence-electron chi connectivity index (χ1n) is 9.56. The zero-order valence-corrected chi connectivity index (χ0v) is 14.9. The Bertz CT molecular complexity index is 277. The molecule has 2 fully saturated rings. The van der Waals surface area contributed by atoms with Gasteiger partial charge in [-0.2, -0.15) is 0 Å². The Morgan fingerprint density at radius 1 is 0.783 bits per heavy atom. The molecule has 0 bridgehead atoms. The quantitative estimate of drug-likeness (QED) is 0.586. The van der Waals surface area contributed by atoms with Gasteiger partial charge < -0.3 is 24.4 Å². The first-order chi connectivity index (χ1) is 11.4. The van der Waals surface area contributed by atoms with Gasteiger partial charge in [0.2, 0.25) is 0 Å². The van der Waals surface area contributed by atoms with E-state index in [1.54, 1.807) is 0 Å². The topological polar surface area (TPSA) is 43.0 Å². The van der Waals surface area contributed by atoms with Gasteiger partial charge in [0.1, 0.15) is 0 Å². The second-order valence-electron chi connectivity index (χ2n) is 6.69. The standard InChI is InChI=1S/C18H36N2O3/c1-2-21-13-14-23-16-15-22-12-11-20-9-5-18(6-10-20)17-3-7-19-8-4-17/h17-19H,2-16H2,1H3. The number of rotatable bonds is 11. The maximum Gasteiger partial charge on any atom is 0.0701 e. The Morgan fingerprint density at radius 2 is 1.35 bits per heavy atom. The highest BCUT2D eigenvalue weighted by Crippen LogP contribution is 2.30. The lowest BCUT2D eigenvalue weighted by Gasteiger charge is -2.37. The Morgan fingerprint density at radius 3 is 2.00 bits per heavy atom. The molecule has 2 aliphatic rings. The molecule has 2 aliphatic heterocycles. The van der Waals surface area contributed by atoms with Crippen LogP contribution in [0.1, 0.15) is 32.6 Å². The van der Waals surface area contributed by atoms with Gasteiger partial charge in [0, 0.05) is 13.2 Å². The van der Waals surface area contributed by atoms with Crippen molar-refractivity contribution >= 4 is 0 Å². The zero-order chi connectivity index (χ0) is 16.2. The predicted octanol–water partition coefficient (Wildman–Crippen LogP) is 1.77. The van der Waals surface area contributed by atoms with Gasteiger partial charge in [0.15, 0.2) is 0 Å². The van der Waals surface area contributed by atoms with E-state index in [2.05, 4.69) is 10.2 Å². The Hall–Kier alpha value is -0.200. The van der Waals surface area contributed by atoms with E-state index in [1.807, 2.05) is 6.92 Å². The van der Waals surface area contributed by atoms with Crippen molar-refractivity contribution in [3.63, 3.8) is 0 Å². The molecule has 0 unspecified atom stereocenters. The second-order valence-corrected chi connectivity index (χ2v) is 6.69. The van der Waals surface area contributed by atoms with Crippen LogP contribution in [0.25, 0.3) is 0 Å². The molecule has 0 radical (unpaired) electrons. The summed E-state index contributed by atoms with van der Waals surface area (Å²) in [5, 5.41) is 3.48. The molecule has 0 spiro atoms. The average molecular weight is 328 g/mol. The molecular weight excluding hydrogens is 292 g/mol. The van der Waals surface area contributed by atoms with Crippen LogP contribution in [0.2, 0.25) is 0 Å². The summed E-state index contributed by atoms with van der Waals surface area (Å²) >= 11 is 0. The highest BCUT2D eigenvalue weighted by atomic mass is 16.5. The lowest BCUT2D eigenvalue weighted by molar-refractivity contribution is 0.00999. The summed E-state index contributed by atoms with van der Waals surface area (Å²) < 4.78 is 16.3. The van der Waals surface area contributed by atoms with Gasteiger partial charge in [-0.15, -0.1) is 0 Å². The van der Waals surface area contributed by atoms with E-state index in [0.717, 1.165) is 31.6 Å². The van der Waals surface area contributed by atoms with Gasteiger partial charge in [-0.25, -0.2) is 0 Å². The number of likely N-dealkylation sites (tertiary alicyclic amines) is 1. The fraction of sp³-hybridized carbons (Fsp3) is 1.00. The van der Waals surface area contributed by atoms with E-state index in [0.29, 0.717) is 26.4 Å². The second kappa shape index (κ2) is 12.2. The summed E-state index contributed by atoms with van der Waals surface area (Å²) in [5.41, 5.74) is 0. The molecular formula is C18H36N2O3. The molecule has 23 heavy (non-hydrogen) atoms. The fourth-order valence-corrected chi connectivity index (χ4v) is 3.74. The van der Waals surface area contributed by atoms with Crippen molar-refractivity contribution in [3.8, 4) is 0 Å². The molecule has 0 aromatic carbocycles. The Labute approximate surface area is 142 Å². The van der Waals surface area contributed by atoms with Crippen LogP contribution in [0.4, 0.5) is 0 Å². The molecule has 2 heterocycles. The SMILES string of the molecule is CCOCCOCCOCCN1CCC(C2CCNCC2)CC1. The van der Waals surface area contributed by atoms with Crippen LogP contribution in [-0.4, -0.2) is 77.3 Å². The van der Waals surface area contributed by atoms with Crippen LogP contribution in [0.15, 0.2) is 0 Å². The van der Waals surface area contributed by atoms with E-state index in [9.17, 15) is 0 Å². The minimum Gasteiger partial charge on any atom is -0.379 e. The van der Waals surface area contributed by atoms with E-state index < -0.39 is 0 Å². The molecule has 0 atom stereocenters. The smallest absolute Gasteiger partial charge is 0.0701 e. The number of piperidine rings is 2. The molecule has 0 aromatic heterocycles. The number of nitrogens with one attached hydrogen (secondary N) is 1. The van der Waals surface area contributed by atoms with Crippen molar-refractivity contribution in [2.45, 2.75) is 32.6 Å². The molecule has 5 heteroatoms. The lowest BCUT2D eigenvalue weighted by atomic mass is 9.79. The highest BCUT2D eigenvalue weighted by molar-refractivity contribution is 4.80. The number of ether oxygens (including phenoxy) is 3. The summed E-state index contributed by atoms with van der Waals surface area (Å²) in [6.45, 7) is 12.3. The lowest BCUT2D eigenvalue weighted by Crippen LogP contribution is -2.40. The van der Waals surface area contributed by atoms with E-state index in [4.69, 9.17) is 14.2 Å². The Balaban J connectivity index is 1.41. The van der Waals surface area contributed by atoms with Crippen LogP contribution in [0, 0.1) is 11.8 Å². The van der Waals surface area contributed by atoms with E-state index >= 15 is 0 Å². The molecule has 0 amide bonds. The number of hydrogen-bond acceptors (Lipinski definition) is 5. The summed E-state index contributed by atoms with van der Waals surface area (Å²) in [6, 6.07) is 0. The van der Waals surface area contributed by atoms with Crippen molar-refractivity contribution in [2.24, 2.45) is 11.8 Å². The first-order valence-corrected chi connectivity index (χ1v) is 9.56. The first kappa shape index (κ1) is 19.1. The van der Waals surface area contributed by atoms with Crippen molar-refractivity contribution in [1.29, 1.82) is 0 Å². The minimum absolute atomic E-state index is 0.668. The fourth-order valence-electron chi connectivity index (χ4n) is 3.74. The van der Waals surface area contributed by atoms with Crippen LogP contribution in [0.3, 0.4) is 0 Å². The third kappa shape index (κ3) is 7.94. The molecule has 1 N–H and O–H groups in total. The maximum atomic E-state index is 5.67. The number of hydrogen-bond donors (Lipinski definition) is 1. The van der Waals surface area contributed by atoms with Gasteiger partial charge >= 0.3 is 0 Å². The molecule has 136 valence electrons. The highest BCUT2D eigenvalue weighted by Gasteiger charge is 2.27. The molecule has 0 saturated carbocycles. The van der Waals surface area contributed by atoms with Crippen molar-refractivity contribution < 1.29 is 14.2 Å². The van der Waals surface area contributed by atoms with Gasteiger partial charge in [0.25, 0.3) is 0 Å². The largest absolute Gasteiger partial charge is 0.379 e. The zero-order valence-electron chi connectivity index (χ0n) is 14.9.